The molecule has 2 aromatic carbocycles. The number of hydrogen-bond donors (Lipinski definition) is 0. The van der Waals surface area contributed by atoms with Crippen molar-refractivity contribution in [2.75, 3.05) is 18.6 Å². The molecule has 31 heavy (non-hydrogen) atoms. The third kappa shape index (κ3) is 4.26. The van der Waals surface area contributed by atoms with Crippen molar-refractivity contribution in [2.45, 2.75) is 46.1 Å². The van der Waals surface area contributed by atoms with Crippen molar-refractivity contribution in [2.24, 2.45) is 0 Å². The first kappa shape index (κ1) is 20.9. The Hall–Kier alpha value is -3.35. The molecule has 1 aliphatic rings. The Kier molecular flexibility index (Phi) is 5.67. The van der Waals surface area contributed by atoms with Crippen LogP contribution in [0.5, 0.6) is 11.5 Å². The Labute approximate surface area is 182 Å². The molecule has 2 heterocycles. The molecule has 3 aromatic rings. The minimum Gasteiger partial charge on any atom is -0.493 e. The Morgan fingerprint density at radius 3 is 2.61 bits per heavy atom. The predicted molar refractivity (Wildman–Crippen MR) is 118 cm³/mol. The SMILES string of the molecule is COc1cc(-c2noc(C3CC(=O)N(c4ccc(C)c(C)c4)C3)n2)ccc1OC(C)C. The highest BCUT2D eigenvalue weighted by Crippen LogP contribution is 2.35. The van der Waals surface area contributed by atoms with Crippen LogP contribution in [-0.2, 0) is 4.79 Å². The van der Waals surface area contributed by atoms with Crippen molar-refractivity contribution in [3.63, 3.8) is 0 Å². The van der Waals surface area contributed by atoms with Crippen molar-refractivity contribution in [3.05, 3.63) is 53.4 Å². The molecule has 0 spiro atoms. The number of anilines is 1. The zero-order chi connectivity index (χ0) is 22.1. The van der Waals surface area contributed by atoms with Gasteiger partial charge < -0.3 is 18.9 Å². The van der Waals surface area contributed by atoms with Gasteiger partial charge in [0.25, 0.3) is 0 Å². The molecule has 1 unspecified atom stereocenters. The number of hydrogen-bond acceptors (Lipinski definition) is 6. The average Bonchev–Trinajstić information content (AvgIpc) is 3.37. The highest BCUT2D eigenvalue weighted by Gasteiger charge is 2.35. The molecule has 0 bridgehead atoms. The maximum atomic E-state index is 12.6. The Morgan fingerprint density at radius 2 is 1.90 bits per heavy atom. The van der Waals surface area contributed by atoms with Gasteiger partial charge in [-0.05, 0) is 69.2 Å². The molecule has 0 aliphatic carbocycles. The van der Waals surface area contributed by atoms with Crippen LogP contribution in [0.1, 0.15) is 43.2 Å². The van der Waals surface area contributed by atoms with Gasteiger partial charge in [-0.1, -0.05) is 11.2 Å². The quantitative estimate of drug-likeness (QED) is 0.576. The first-order valence-electron chi connectivity index (χ1n) is 10.4. The summed E-state index contributed by atoms with van der Waals surface area (Å²) in [7, 11) is 1.60. The van der Waals surface area contributed by atoms with Gasteiger partial charge in [0, 0.05) is 24.2 Å². The van der Waals surface area contributed by atoms with E-state index in [0.717, 1.165) is 16.8 Å². The third-order valence-corrected chi connectivity index (χ3v) is 5.50. The van der Waals surface area contributed by atoms with Crippen molar-refractivity contribution in [1.29, 1.82) is 0 Å². The lowest BCUT2D eigenvalue weighted by Gasteiger charge is -2.17. The fourth-order valence-corrected chi connectivity index (χ4v) is 3.69. The summed E-state index contributed by atoms with van der Waals surface area (Å²) in [6.07, 6.45) is 0.385. The zero-order valence-corrected chi connectivity index (χ0v) is 18.5. The normalized spacial score (nSPS) is 16.3. The second kappa shape index (κ2) is 8.41. The molecule has 162 valence electrons. The minimum atomic E-state index is -0.138. The average molecular weight is 421 g/mol. The molecule has 1 saturated heterocycles. The largest absolute Gasteiger partial charge is 0.493 e. The van der Waals surface area contributed by atoms with Crippen LogP contribution in [0.15, 0.2) is 40.9 Å². The molecular formula is C24H27N3O4. The molecule has 0 N–H and O–H groups in total. The van der Waals surface area contributed by atoms with E-state index in [1.54, 1.807) is 12.0 Å². The van der Waals surface area contributed by atoms with E-state index < -0.39 is 0 Å². The number of methoxy groups -OCH3 is 1. The first-order valence-corrected chi connectivity index (χ1v) is 10.4. The number of aryl methyl sites for hydroxylation is 2. The summed E-state index contributed by atoms with van der Waals surface area (Å²) in [4.78, 5) is 19.0. The summed E-state index contributed by atoms with van der Waals surface area (Å²) in [6.45, 7) is 8.55. The molecular weight excluding hydrogens is 394 g/mol. The molecule has 7 heteroatoms. The Bertz CT molecular complexity index is 1110. The van der Waals surface area contributed by atoms with Gasteiger partial charge in [0.1, 0.15) is 0 Å². The number of carbonyl (C=O) groups excluding carboxylic acids is 1. The topological polar surface area (TPSA) is 77.7 Å². The number of rotatable bonds is 6. The number of nitrogens with zero attached hydrogens (tertiary/aromatic N) is 3. The maximum absolute atomic E-state index is 12.6. The number of carbonyl (C=O) groups is 1. The number of aromatic nitrogens is 2. The lowest BCUT2D eigenvalue weighted by Crippen LogP contribution is -2.24. The minimum absolute atomic E-state index is 0.0386. The highest BCUT2D eigenvalue weighted by molar-refractivity contribution is 5.96. The predicted octanol–water partition coefficient (Wildman–Crippen LogP) is 4.67. The van der Waals surface area contributed by atoms with E-state index in [2.05, 4.69) is 17.1 Å². The van der Waals surface area contributed by atoms with Gasteiger partial charge in [-0.3, -0.25) is 4.79 Å². The monoisotopic (exact) mass is 421 g/mol. The molecule has 0 saturated carbocycles. The highest BCUT2D eigenvalue weighted by atomic mass is 16.5. The van der Waals surface area contributed by atoms with Crippen LogP contribution in [0.2, 0.25) is 0 Å². The van der Waals surface area contributed by atoms with Crippen LogP contribution >= 0.6 is 0 Å². The van der Waals surface area contributed by atoms with Crippen molar-refractivity contribution in [1.82, 2.24) is 10.1 Å². The van der Waals surface area contributed by atoms with Gasteiger partial charge in [0.15, 0.2) is 11.5 Å². The van der Waals surface area contributed by atoms with Gasteiger partial charge >= 0.3 is 0 Å². The molecule has 1 atom stereocenters. The number of benzene rings is 2. The summed E-state index contributed by atoms with van der Waals surface area (Å²) < 4.78 is 16.7. The molecule has 4 rings (SSSR count). The lowest BCUT2D eigenvalue weighted by molar-refractivity contribution is -0.117. The van der Waals surface area contributed by atoms with Crippen molar-refractivity contribution < 1.29 is 18.8 Å². The number of amides is 1. The van der Waals surface area contributed by atoms with Crippen molar-refractivity contribution >= 4 is 11.6 Å². The molecule has 1 fully saturated rings. The zero-order valence-electron chi connectivity index (χ0n) is 18.5. The van der Waals surface area contributed by atoms with E-state index in [0.29, 0.717) is 36.2 Å². The van der Waals surface area contributed by atoms with Gasteiger partial charge in [-0.15, -0.1) is 0 Å². The molecule has 0 radical (unpaired) electrons. The van der Waals surface area contributed by atoms with Crippen LogP contribution in [-0.4, -0.2) is 35.8 Å². The summed E-state index contributed by atoms with van der Waals surface area (Å²) >= 11 is 0. The van der Waals surface area contributed by atoms with Gasteiger partial charge in [-0.25, -0.2) is 0 Å². The molecule has 7 nitrogen and oxygen atoms in total. The second-order valence-corrected chi connectivity index (χ2v) is 8.16. The fraction of sp³-hybridized carbons (Fsp3) is 0.375. The molecule has 1 amide bonds. The third-order valence-electron chi connectivity index (χ3n) is 5.50. The maximum Gasteiger partial charge on any atom is 0.232 e. The molecule has 1 aromatic heterocycles. The van der Waals surface area contributed by atoms with E-state index in [9.17, 15) is 4.79 Å². The van der Waals surface area contributed by atoms with E-state index in [1.165, 1.54) is 5.56 Å². The molecule has 1 aliphatic heterocycles. The Morgan fingerprint density at radius 1 is 1.10 bits per heavy atom. The van der Waals surface area contributed by atoms with E-state index in [-0.39, 0.29) is 17.9 Å². The van der Waals surface area contributed by atoms with Crippen LogP contribution in [0.4, 0.5) is 5.69 Å². The summed E-state index contributed by atoms with van der Waals surface area (Å²) in [5.74, 6) is 2.12. The Balaban J connectivity index is 1.54. The summed E-state index contributed by atoms with van der Waals surface area (Å²) in [5, 5.41) is 4.13. The van der Waals surface area contributed by atoms with Crippen molar-refractivity contribution in [3.8, 4) is 22.9 Å². The van der Waals surface area contributed by atoms with Gasteiger partial charge in [0.05, 0.1) is 19.1 Å². The van der Waals surface area contributed by atoms with Crippen LogP contribution in [0.3, 0.4) is 0 Å². The summed E-state index contributed by atoms with van der Waals surface area (Å²) in [6, 6.07) is 11.6. The first-order chi connectivity index (χ1) is 14.9. The lowest BCUT2D eigenvalue weighted by atomic mass is 10.1. The second-order valence-electron chi connectivity index (χ2n) is 8.16. The van der Waals surface area contributed by atoms with E-state index in [4.69, 9.17) is 14.0 Å². The van der Waals surface area contributed by atoms with Crippen LogP contribution in [0, 0.1) is 13.8 Å². The van der Waals surface area contributed by atoms with Gasteiger partial charge in [-0.2, -0.15) is 4.98 Å². The fourth-order valence-electron chi connectivity index (χ4n) is 3.69. The van der Waals surface area contributed by atoms with Crippen LogP contribution in [0.25, 0.3) is 11.4 Å². The number of ether oxygens (including phenoxy) is 2. The summed E-state index contributed by atoms with van der Waals surface area (Å²) in [5.41, 5.74) is 4.03. The van der Waals surface area contributed by atoms with Crippen LogP contribution < -0.4 is 14.4 Å². The smallest absolute Gasteiger partial charge is 0.232 e. The van der Waals surface area contributed by atoms with E-state index >= 15 is 0 Å². The standard InChI is InChI=1S/C24H27N3O4/c1-14(2)30-20-9-7-17(11-21(20)29-5)23-25-24(31-26-23)18-12-22(28)27(13-18)19-8-6-15(3)16(4)10-19/h6-11,14,18H,12-13H2,1-5H3. The van der Waals surface area contributed by atoms with Gasteiger partial charge in [0.2, 0.25) is 17.6 Å². The van der Waals surface area contributed by atoms with E-state index in [1.807, 2.05) is 57.2 Å².